The highest BCUT2D eigenvalue weighted by molar-refractivity contribution is 14.1. The number of halogens is 2. The third kappa shape index (κ3) is 3.88. The molecule has 0 saturated heterocycles. The van der Waals surface area contributed by atoms with Crippen LogP contribution < -0.4 is 5.32 Å². The third-order valence-electron chi connectivity index (χ3n) is 2.77. The van der Waals surface area contributed by atoms with E-state index in [9.17, 15) is 14.5 Å². The maximum atomic E-state index is 13.5. The van der Waals surface area contributed by atoms with E-state index in [1.54, 1.807) is 22.6 Å². The second-order valence-electron chi connectivity index (χ2n) is 4.02. The predicted molar refractivity (Wildman–Crippen MR) is 77.2 cm³/mol. The summed E-state index contributed by atoms with van der Waals surface area (Å²) in [6.07, 6.45) is 1.31. The fourth-order valence-corrected chi connectivity index (χ4v) is 2.28. The Balaban J connectivity index is 3.06. The maximum absolute atomic E-state index is 13.5. The van der Waals surface area contributed by atoms with Crippen molar-refractivity contribution in [1.29, 1.82) is 0 Å². The molecule has 18 heavy (non-hydrogen) atoms. The van der Waals surface area contributed by atoms with Crippen LogP contribution in [0.4, 0.5) is 10.1 Å². The summed E-state index contributed by atoms with van der Waals surface area (Å²) in [5.41, 5.74) is 0.447. The molecule has 0 spiro atoms. The fraction of sp³-hybridized carbons (Fsp3) is 0.500. The zero-order valence-corrected chi connectivity index (χ0v) is 12.5. The van der Waals surface area contributed by atoms with Crippen molar-refractivity contribution in [2.45, 2.75) is 32.7 Å². The van der Waals surface area contributed by atoms with E-state index in [1.807, 2.05) is 13.8 Å². The number of hydrogen-bond acceptors (Lipinski definition) is 3. The van der Waals surface area contributed by atoms with Crippen molar-refractivity contribution in [2.75, 3.05) is 6.54 Å². The van der Waals surface area contributed by atoms with Crippen LogP contribution in [0.3, 0.4) is 0 Å². The lowest BCUT2D eigenvalue weighted by Crippen LogP contribution is -2.30. The standard InChI is InChI=1S/C12H16FIN2O2/c1-3-9(15-4-2)5-8-6-10(13)11(14)7-12(8)16(17)18/h6-7,9,15H,3-5H2,1-2H3. The van der Waals surface area contributed by atoms with Gasteiger partial charge in [0.1, 0.15) is 5.82 Å². The van der Waals surface area contributed by atoms with Crippen molar-refractivity contribution in [3.05, 3.63) is 37.2 Å². The number of nitrogens with one attached hydrogen (secondary N) is 1. The zero-order chi connectivity index (χ0) is 13.7. The summed E-state index contributed by atoms with van der Waals surface area (Å²) < 4.78 is 13.8. The summed E-state index contributed by atoms with van der Waals surface area (Å²) >= 11 is 1.76. The topological polar surface area (TPSA) is 55.2 Å². The van der Waals surface area contributed by atoms with E-state index in [0.717, 1.165) is 13.0 Å². The Kier molecular flexibility index (Phi) is 5.94. The minimum atomic E-state index is -0.449. The SMILES string of the molecule is CCNC(CC)Cc1cc(F)c(I)cc1[N+](=O)[O-]. The van der Waals surface area contributed by atoms with E-state index in [2.05, 4.69) is 5.32 Å². The van der Waals surface area contributed by atoms with Crippen LogP contribution in [-0.4, -0.2) is 17.5 Å². The molecule has 4 nitrogen and oxygen atoms in total. The van der Waals surface area contributed by atoms with Gasteiger partial charge in [-0.2, -0.15) is 0 Å². The highest BCUT2D eigenvalue weighted by atomic mass is 127. The van der Waals surface area contributed by atoms with E-state index < -0.39 is 10.7 Å². The van der Waals surface area contributed by atoms with Crippen LogP contribution in [0.15, 0.2) is 12.1 Å². The van der Waals surface area contributed by atoms with Crippen LogP contribution >= 0.6 is 22.6 Å². The minimum Gasteiger partial charge on any atom is -0.314 e. The molecule has 1 rings (SSSR count). The van der Waals surface area contributed by atoms with Crippen molar-refractivity contribution in [3.63, 3.8) is 0 Å². The van der Waals surface area contributed by atoms with Gasteiger partial charge in [-0.25, -0.2) is 4.39 Å². The lowest BCUT2D eigenvalue weighted by molar-refractivity contribution is -0.385. The van der Waals surface area contributed by atoms with Gasteiger partial charge in [0, 0.05) is 17.7 Å². The molecule has 0 aromatic heterocycles. The second kappa shape index (κ2) is 6.98. The molecule has 0 saturated carbocycles. The number of nitro benzene ring substituents is 1. The largest absolute Gasteiger partial charge is 0.314 e. The molecular formula is C12H16FIN2O2. The van der Waals surface area contributed by atoms with Gasteiger partial charge in [0.15, 0.2) is 0 Å². The molecule has 100 valence electrons. The van der Waals surface area contributed by atoms with Crippen molar-refractivity contribution in [2.24, 2.45) is 0 Å². The molecule has 0 radical (unpaired) electrons. The Morgan fingerprint density at radius 1 is 1.50 bits per heavy atom. The quantitative estimate of drug-likeness (QED) is 0.478. The first-order valence-corrected chi connectivity index (χ1v) is 6.93. The average Bonchev–Trinajstić information content (AvgIpc) is 2.32. The van der Waals surface area contributed by atoms with Gasteiger partial charge in [-0.3, -0.25) is 10.1 Å². The molecule has 1 unspecified atom stereocenters. The molecule has 0 aliphatic carbocycles. The number of nitro groups is 1. The minimum absolute atomic E-state index is 0.00264. The van der Waals surface area contributed by atoms with Crippen molar-refractivity contribution >= 4 is 28.3 Å². The van der Waals surface area contributed by atoms with Crippen molar-refractivity contribution < 1.29 is 9.31 Å². The molecule has 0 aliphatic heterocycles. The van der Waals surface area contributed by atoms with E-state index in [1.165, 1.54) is 12.1 Å². The Bertz CT molecular complexity index is 440. The van der Waals surface area contributed by atoms with Crippen LogP contribution in [0, 0.1) is 19.5 Å². The first kappa shape index (κ1) is 15.3. The fourth-order valence-electron chi connectivity index (χ4n) is 1.83. The summed E-state index contributed by atoms with van der Waals surface area (Å²) in [5.74, 6) is -0.400. The number of likely N-dealkylation sites (N-methyl/N-ethyl adjacent to an activating group) is 1. The van der Waals surface area contributed by atoms with E-state index in [0.29, 0.717) is 12.0 Å². The van der Waals surface area contributed by atoms with Gasteiger partial charge in [-0.15, -0.1) is 0 Å². The summed E-state index contributed by atoms with van der Waals surface area (Å²) in [5, 5.41) is 14.2. The van der Waals surface area contributed by atoms with Crippen LogP contribution in [-0.2, 0) is 6.42 Å². The monoisotopic (exact) mass is 366 g/mol. The molecule has 0 bridgehead atoms. The molecule has 0 heterocycles. The van der Waals surface area contributed by atoms with Gasteiger partial charge in [-0.1, -0.05) is 13.8 Å². The highest BCUT2D eigenvalue weighted by Gasteiger charge is 2.19. The Morgan fingerprint density at radius 3 is 2.67 bits per heavy atom. The van der Waals surface area contributed by atoms with Crippen LogP contribution in [0.2, 0.25) is 0 Å². The molecule has 0 amide bonds. The zero-order valence-electron chi connectivity index (χ0n) is 10.4. The van der Waals surface area contributed by atoms with Gasteiger partial charge >= 0.3 is 0 Å². The van der Waals surface area contributed by atoms with Crippen LogP contribution in [0.25, 0.3) is 0 Å². The van der Waals surface area contributed by atoms with Crippen LogP contribution in [0.5, 0.6) is 0 Å². The molecule has 1 atom stereocenters. The van der Waals surface area contributed by atoms with Crippen molar-refractivity contribution in [3.8, 4) is 0 Å². The smallest absolute Gasteiger partial charge is 0.273 e. The number of rotatable bonds is 6. The van der Waals surface area contributed by atoms with Crippen molar-refractivity contribution in [1.82, 2.24) is 5.32 Å². The summed E-state index contributed by atoms with van der Waals surface area (Å²) in [7, 11) is 0. The summed E-state index contributed by atoms with van der Waals surface area (Å²) in [6.45, 7) is 4.77. The van der Waals surface area contributed by atoms with E-state index in [4.69, 9.17) is 0 Å². The lowest BCUT2D eigenvalue weighted by Gasteiger charge is -2.16. The molecule has 1 N–H and O–H groups in total. The lowest BCUT2D eigenvalue weighted by atomic mass is 10.0. The van der Waals surface area contributed by atoms with Gasteiger partial charge in [0.05, 0.1) is 8.49 Å². The van der Waals surface area contributed by atoms with Gasteiger partial charge in [-0.05, 0) is 48.0 Å². The number of nitrogens with zero attached hydrogens (tertiary/aromatic N) is 1. The number of benzene rings is 1. The third-order valence-corrected chi connectivity index (χ3v) is 3.60. The summed E-state index contributed by atoms with van der Waals surface area (Å²) in [6, 6.07) is 2.71. The van der Waals surface area contributed by atoms with E-state index >= 15 is 0 Å². The summed E-state index contributed by atoms with van der Waals surface area (Å²) in [4.78, 5) is 10.5. The number of hydrogen-bond donors (Lipinski definition) is 1. The normalized spacial score (nSPS) is 12.4. The molecule has 0 fully saturated rings. The van der Waals surface area contributed by atoms with Gasteiger partial charge in [0.25, 0.3) is 5.69 Å². The van der Waals surface area contributed by atoms with Gasteiger partial charge < -0.3 is 5.32 Å². The predicted octanol–water partition coefficient (Wildman–Crippen LogP) is 3.27. The molecule has 1 aromatic carbocycles. The maximum Gasteiger partial charge on any atom is 0.273 e. The molecular weight excluding hydrogens is 350 g/mol. The Labute approximate surface area is 119 Å². The Morgan fingerprint density at radius 2 is 2.17 bits per heavy atom. The average molecular weight is 366 g/mol. The molecule has 0 aliphatic rings. The highest BCUT2D eigenvalue weighted by Crippen LogP contribution is 2.25. The first-order valence-electron chi connectivity index (χ1n) is 5.85. The van der Waals surface area contributed by atoms with Crippen LogP contribution in [0.1, 0.15) is 25.8 Å². The van der Waals surface area contributed by atoms with Gasteiger partial charge in [0.2, 0.25) is 0 Å². The Hall–Kier alpha value is -0.760. The van der Waals surface area contributed by atoms with E-state index in [-0.39, 0.29) is 15.3 Å². The second-order valence-corrected chi connectivity index (χ2v) is 5.18. The molecule has 6 heteroatoms. The first-order chi connectivity index (χ1) is 8.49. The molecule has 1 aromatic rings.